The molecule has 2 aromatic carbocycles. The lowest BCUT2D eigenvalue weighted by Gasteiger charge is -2.20. The number of hydrogen-bond acceptors (Lipinski definition) is 2. The zero-order valence-corrected chi connectivity index (χ0v) is 13.8. The van der Waals surface area contributed by atoms with Crippen LogP contribution in [0.1, 0.15) is 35.4 Å². The van der Waals surface area contributed by atoms with Crippen LogP contribution in [0.5, 0.6) is 0 Å². The van der Waals surface area contributed by atoms with Crippen LogP contribution in [0.3, 0.4) is 0 Å². The van der Waals surface area contributed by atoms with Gasteiger partial charge in [-0.1, -0.05) is 23.7 Å². The quantitative estimate of drug-likeness (QED) is 0.880. The molecule has 2 atom stereocenters. The Kier molecular flexibility index (Phi) is 4.97. The molecule has 0 spiro atoms. The van der Waals surface area contributed by atoms with Crippen molar-refractivity contribution in [2.24, 2.45) is 5.73 Å². The minimum absolute atomic E-state index is 0.0146. The summed E-state index contributed by atoms with van der Waals surface area (Å²) in [6.07, 6.45) is 1.85. The zero-order chi connectivity index (χ0) is 17.3. The molecule has 24 heavy (non-hydrogen) atoms. The van der Waals surface area contributed by atoms with E-state index in [-0.39, 0.29) is 24.5 Å². The Morgan fingerprint density at radius 1 is 1.25 bits per heavy atom. The summed E-state index contributed by atoms with van der Waals surface area (Å²) in [4.78, 5) is 12.3. The van der Waals surface area contributed by atoms with Crippen molar-refractivity contribution < 1.29 is 13.6 Å². The Bertz CT molecular complexity index is 778. The number of carbonyl (C=O) groups is 1. The van der Waals surface area contributed by atoms with Crippen LogP contribution in [0.2, 0.25) is 5.02 Å². The second-order valence-electron chi connectivity index (χ2n) is 6.32. The van der Waals surface area contributed by atoms with Gasteiger partial charge in [0.1, 0.15) is 5.78 Å². The van der Waals surface area contributed by atoms with Gasteiger partial charge in [0.25, 0.3) is 0 Å². The van der Waals surface area contributed by atoms with E-state index >= 15 is 0 Å². The number of hydrogen-bond donors (Lipinski definition) is 1. The average Bonchev–Trinajstić information content (AvgIpc) is 2.90. The summed E-state index contributed by atoms with van der Waals surface area (Å²) in [6, 6.07) is 9.23. The predicted octanol–water partition coefficient (Wildman–Crippen LogP) is 4.18. The number of benzene rings is 2. The lowest BCUT2D eigenvalue weighted by molar-refractivity contribution is -0.118. The first-order valence-corrected chi connectivity index (χ1v) is 8.31. The van der Waals surface area contributed by atoms with Gasteiger partial charge < -0.3 is 5.73 Å². The highest BCUT2D eigenvalue weighted by Gasteiger charge is 2.30. The molecule has 0 fully saturated rings. The number of nitrogens with two attached hydrogens (primary N) is 1. The number of rotatable bonds is 5. The molecule has 0 radical (unpaired) electrons. The maximum atomic E-state index is 13.5. The van der Waals surface area contributed by atoms with Crippen LogP contribution in [0.15, 0.2) is 36.4 Å². The van der Waals surface area contributed by atoms with Crippen LogP contribution in [-0.4, -0.2) is 11.8 Å². The van der Waals surface area contributed by atoms with Crippen LogP contribution >= 0.6 is 11.6 Å². The minimum atomic E-state index is -0.863. The molecule has 1 aliphatic rings. The number of Topliss-reactive ketones (excluding diaryl/α,β-unsaturated/α-hetero) is 1. The minimum Gasteiger partial charge on any atom is -0.327 e. The molecule has 3 rings (SSSR count). The summed E-state index contributed by atoms with van der Waals surface area (Å²) in [7, 11) is 0. The third kappa shape index (κ3) is 3.65. The topological polar surface area (TPSA) is 43.1 Å². The molecule has 1 aliphatic carbocycles. The van der Waals surface area contributed by atoms with Crippen LogP contribution in [0.4, 0.5) is 8.78 Å². The molecule has 126 valence electrons. The molecule has 2 aromatic rings. The molecule has 5 heteroatoms. The number of ketones is 1. The molecular weight excluding hydrogens is 332 g/mol. The fourth-order valence-electron chi connectivity index (χ4n) is 3.43. The molecule has 0 saturated heterocycles. The fourth-order valence-corrected chi connectivity index (χ4v) is 3.64. The monoisotopic (exact) mass is 349 g/mol. The van der Waals surface area contributed by atoms with Crippen LogP contribution < -0.4 is 5.73 Å². The van der Waals surface area contributed by atoms with Crippen molar-refractivity contribution in [2.45, 2.75) is 37.6 Å². The van der Waals surface area contributed by atoms with E-state index in [0.29, 0.717) is 17.9 Å². The van der Waals surface area contributed by atoms with Gasteiger partial charge in [0.15, 0.2) is 11.6 Å². The zero-order valence-electron chi connectivity index (χ0n) is 13.1. The highest BCUT2D eigenvalue weighted by Crippen LogP contribution is 2.37. The standard InChI is InChI=1S/C19H18ClF2NO/c20-13-3-1-2-11(6-13)7-14(24)9-19(23)15-5-4-12-8-17(21)18(22)10-16(12)15/h1-3,6,8,10,15,19H,4-5,7,9,23H2. The Hall–Kier alpha value is -1.78. The number of carbonyl (C=O) groups excluding carboxylic acids is 1. The molecule has 0 saturated carbocycles. The van der Waals surface area contributed by atoms with Crippen LogP contribution in [0.25, 0.3) is 0 Å². The van der Waals surface area contributed by atoms with Gasteiger partial charge in [-0.25, -0.2) is 8.78 Å². The maximum Gasteiger partial charge on any atom is 0.159 e. The van der Waals surface area contributed by atoms with Gasteiger partial charge in [0.05, 0.1) is 0 Å². The first-order chi connectivity index (χ1) is 11.4. The summed E-state index contributed by atoms with van der Waals surface area (Å²) in [5.74, 6) is -1.79. The summed E-state index contributed by atoms with van der Waals surface area (Å²) in [5, 5.41) is 0.590. The van der Waals surface area contributed by atoms with Gasteiger partial charge >= 0.3 is 0 Å². The normalized spacial score (nSPS) is 17.6. The predicted molar refractivity (Wildman–Crippen MR) is 90.2 cm³/mol. The van der Waals surface area contributed by atoms with E-state index in [4.69, 9.17) is 17.3 Å². The highest BCUT2D eigenvalue weighted by molar-refractivity contribution is 6.30. The molecule has 2 N–H and O–H groups in total. The number of halogens is 3. The van der Waals surface area contributed by atoms with Crippen molar-refractivity contribution in [1.29, 1.82) is 0 Å². The lowest BCUT2D eigenvalue weighted by Crippen LogP contribution is -2.30. The maximum absolute atomic E-state index is 13.5. The van der Waals surface area contributed by atoms with Gasteiger partial charge in [-0.3, -0.25) is 4.79 Å². The average molecular weight is 350 g/mol. The SMILES string of the molecule is NC(CC(=O)Cc1cccc(Cl)c1)C1CCc2cc(F)c(F)cc21. The molecule has 0 heterocycles. The lowest BCUT2D eigenvalue weighted by atomic mass is 9.89. The molecule has 0 aliphatic heterocycles. The molecular formula is C19H18ClF2NO. The Balaban J connectivity index is 1.67. The molecule has 2 unspecified atom stereocenters. The van der Waals surface area contributed by atoms with Gasteiger partial charge in [-0.2, -0.15) is 0 Å². The molecule has 0 amide bonds. The van der Waals surface area contributed by atoms with Gasteiger partial charge in [-0.15, -0.1) is 0 Å². The smallest absolute Gasteiger partial charge is 0.159 e. The van der Waals surface area contributed by atoms with E-state index in [2.05, 4.69) is 0 Å². The number of fused-ring (bicyclic) bond motifs is 1. The van der Waals surface area contributed by atoms with E-state index in [1.807, 2.05) is 6.07 Å². The Labute approximate surface area is 144 Å². The largest absolute Gasteiger partial charge is 0.327 e. The second kappa shape index (κ2) is 6.99. The fraction of sp³-hybridized carbons (Fsp3) is 0.316. The van der Waals surface area contributed by atoms with Crippen LogP contribution in [0, 0.1) is 11.6 Å². The molecule has 0 bridgehead atoms. The van der Waals surface area contributed by atoms with E-state index in [1.165, 1.54) is 12.1 Å². The molecule has 0 aromatic heterocycles. The Morgan fingerprint density at radius 3 is 2.75 bits per heavy atom. The third-order valence-electron chi connectivity index (χ3n) is 4.58. The van der Waals surface area contributed by atoms with Crippen molar-refractivity contribution >= 4 is 17.4 Å². The first kappa shape index (κ1) is 17.1. The van der Waals surface area contributed by atoms with Gasteiger partial charge in [0.2, 0.25) is 0 Å². The van der Waals surface area contributed by atoms with E-state index < -0.39 is 17.7 Å². The number of aryl methyl sites for hydroxylation is 1. The van der Waals surface area contributed by atoms with E-state index in [1.54, 1.807) is 18.2 Å². The summed E-state index contributed by atoms with van der Waals surface area (Å²) in [6.45, 7) is 0. The summed E-state index contributed by atoms with van der Waals surface area (Å²) in [5.41, 5.74) is 8.57. The second-order valence-corrected chi connectivity index (χ2v) is 6.76. The summed E-state index contributed by atoms with van der Waals surface area (Å²) >= 11 is 5.92. The van der Waals surface area contributed by atoms with Crippen molar-refractivity contribution in [3.63, 3.8) is 0 Å². The van der Waals surface area contributed by atoms with Crippen LogP contribution in [-0.2, 0) is 17.6 Å². The highest BCUT2D eigenvalue weighted by atomic mass is 35.5. The molecule has 2 nitrogen and oxygen atoms in total. The van der Waals surface area contributed by atoms with Crippen molar-refractivity contribution in [3.05, 3.63) is 69.7 Å². The third-order valence-corrected chi connectivity index (χ3v) is 4.81. The van der Waals surface area contributed by atoms with Crippen molar-refractivity contribution in [2.75, 3.05) is 0 Å². The van der Waals surface area contributed by atoms with E-state index in [9.17, 15) is 13.6 Å². The van der Waals surface area contributed by atoms with E-state index in [0.717, 1.165) is 16.7 Å². The Morgan fingerprint density at radius 2 is 2.00 bits per heavy atom. The van der Waals surface area contributed by atoms with Gasteiger partial charge in [-0.05, 0) is 53.8 Å². The van der Waals surface area contributed by atoms with Gasteiger partial charge in [0, 0.05) is 29.8 Å². The first-order valence-electron chi connectivity index (χ1n) is 7.93. The summed E-state index contributed by atoms with van der Waals surface area (Å²) < 4.78 is 26.8. The van der Waals surface area contributed by atoms with Crippen molar-refractivity contribution in [3.8, 4) is 0 Å². The van der Waals surface area contributed by atoms with Crippen molar-refractivity contribution in [1.82, 2.24) is 0 Å².